The second kappa shape index (κ2) is 8.93. The number of benzene rings is 2. The maximum absolute atomic E-state index is 12.3. The molecule has 0 aliphatic carbocycles. The highest BCUT2D eigenvalue weighted by molar-refractivity contribution is 7.89. The standard InChI is InChI=1S/C19H19N5O6S/c1-13-3-2-4-14(9-13)11-23-18(7-8-21-23)22-19(25)12-30-17-6-5-15(31(20,28)29)10-16(17)24(26)27/h2-10H,11-12H2,1H3,(H,22,25)(H2,20,28,29). The van der Waals surface area contributed by atoms with Gasteiger partial charge >= 0.3 is 5.69 Å². The number of aryl methyl sites for hydroxylation is 1. The van der Waals surface area contributed by atoms with E-state index >= 15 is 0 Å². The molecule has 0 saturated carbocycles. The summed E-state index contributed by atoms with van der Waals surface area (Å²) in [5, 5.41) is 23.0. The number of hydrogen-bond acceptors (Lipinski definition) is 7. The summed E-state index contributed by atoms with van der Waals surface area (Å²) < 4.78 is 29.6. The SMILES string of the molecule is Cc1cccc(Cn2nccc2NC(=O)COc2ccc(S(N)(=O)=O)cc2[N+](=O)[O-])c1. The third kappa shape index (κ3) is 5.65. The average Bonchev–Trinajstić information content (AvgIpc) is 3.12. The van der Waals surface area contributed by atoms with Gasteiger partial charge < -0.3 is 10.1 Å². The minimum atomic E-state index is -4.12. The fourth-order valence-corrected chi connectivity index (χ4v) is 3.34. The molecule has 12 heteroatoms. The first-order valence-electron chi connectivity index (χ1n) is 8.95. The highest BCUT2D eigenvalue weighted by Crippen LogP contribution is 2.29. The van der Waals surface area contributed by atoms with Gasteiger partial charge in [-0.15, -0.1) is 0 Å². The number of ether oxygens (including phenoxy) is 1. The lowest BCUT2D eigenvalue weighted by atomic mass is 10.1. The average molecular weight is 445 g/mol. The van der Waals surface area contributed by atoms with E-state index in [9.17, 15) is 23.3 Å². The van der Waals surface area contributed by atoms with Crippen LogP contribution in [0.1, 0.15) is 11.1 Å². The van der Waals surface area contributed by atoms with Crippen LogP contribution in [0.2, 0.25) is 0 Å². The largest absolute Gasteiger partial charge is 0.477 e. The van der Waals surface area contributed by atoms with Crippen LogP contribution in [0.4, 0.5) is 11.5 Å². The maximum Gasteiger partial charge on any atom is 0.312 e. The van der Waals surface area contributed by atoms with Gasteiger partial charge in [-0.1, -0.05) is 29.8 Å². The van der Waals surface area contributed by atoms with E-state index < -0.39 is 38.0 Å². The molecular weight excluding hydrogens is 426 g/mol. The van der Waals surface area contributed by atoms with Crippen molar-refractivity contribution in [2.75, 3.05) is 11.9 Å². The van der Waals surface area contributed by atoms with Gasteiger partial charge in [0.15, 0.2) is 12.4 Å². The number of primary sulfonamides is 1. The molecule has 1 heterocycles. The first-order valence-corrected chi connectivity index (χ1v) is 10.5. The number of aromatic nitrogens is 2. The molecule has 1 aromatic heterocycles. The molecule has 162 valence electrons. The van der Waals surface area contributed by atoms with Crippen LogP contribution >= 0.6 is 0 Å². The fourth-order valence-electron chi connectivity index (χ4n) is 2.81. The lowest BCUT2D eigenvalue weighted by molar-refractivity contribution is -0.386. The maximum atomic E-state index is 12.3. The van der Waals surface area contributed by atoms with Crippen LogP contribution in [-0.4, -0.2) is 35.6 Å². The summed E-state index contributed by atoms with van der Waals surface area (Å²) in [7, 11) is -4.12. The Morgan fingerprint density at radius 1 is 1.26 bits per heavy atom. The molecule has 0 radical (unpaired) electrons. The van der Waals surface area contributed by atoms with Gasteiger partial charge in [-0.05, 0) is 24.6 Å². The smallest absolute Gasteiger partial charge is 0.312 e. The van der Waals surface area contributed by atoms with Crippen LogP contribution in [0.25, 0.3) is 0 Å². The molecule has 1 amide bonds. The van der Waals surface area contributed by atoms with Crippen molar-refractivity contribution in [1.82, 2.24) is 9.78 Å². The summed E-state index contributed by atoms with van der Waals surface area (Å²) in [6.45, 7) is 1.87. The Hall–Kier alpha value is -3.77. The molecule has 0 unspecified atom stereocenters. The van der Waals surface area contributed by atoms with E-state index in [1.54, 1.807) is 10.7 Å². The van der Waals surface area contributed by atoms with E-state index in [1.807, 2.05) is 31.2 Å². The highest BCUT2D eigenvalue weighted by Gasteiger charge is 2.21. The second-order valence-electron chi connectivity index (χ2n) is 6.63. The number of carbonyl (C=O) groups excluding carboxylic acids is 1. The zero-order chi connectivity index (χ0) is 22.6. The Balaban J connectivity index is 1.68. The topological polar surface area (TPSA) is 159 Å². The molecule has 0 saturated heterocycles. The van der Waals surface area contributed by atoms with Gasteiger partial charge in [-0.2, -0.15) is 5.10 Å². The number of nitro benzene ring substituents is 1. The Morgan fingerprint density at radius 3 is 2.71 bits per heavy atom. The van der Waals surface area contributed by atoms with Crippen LogP contribution in [-0.2, 0) is 21.4 Å². The summed E-state index contributed by atoms with van der Waals surface area (Å²) in [4.78, 5) is 22.3. The number of rotatable bonds is 8. The van der Waals surface area contributed by atoms with Crippen molar-refractivity contribution in [3.63, 3.8) is 0 Å². The summed E-state index contributed by atoms with van der Waals surface area (Å²) in [5.41, 5.74) is 1.48. The second-order valence-corrected chi connectivity index (χ2v) is 8.19. The predicted octanol–water partition coefficient (Wildman–Crippen LogP) is 1.81. The van der Waals surface area contributed by atoms with Crippen molar-refractivity contribution in [3.05, 3.63) is 76.0 Å². The van der Waals surface area contributed by atoms with Crippen LogP contribution < -0.4 is 15.2 Å². The zero-order valence-corrected chi connectivity index (χ0v) is 17.2. The van der Waals surface area contributed by atoms with E-state index in [-0.39, 0.29) is 5.75 Å². The molecule has 2 aromatic carbocycles. The molecule has 0 aliphatic rings. The molecule has 11 nitrogen and oxygen atoms in total. The van der Waals surface area contributed by atoms with Crippen molar-refractivity contribution in [2.45, 2.75) is 18.4 Å². The van der Waals surface area contributed by atoms with Crippen LogP contribution in [0.15, 0.2) is 59.6 Å². The summed E-state index contributed by atoms with van der Waals surface area (Å²) >= 11 is 0. The molecule has 0 aliphatic heterocycles. The van der Waals surface area contributed by atoms with Crippen LogP contribution in [0.3, 0.4) is 0 Å². The first kappa shape index (κ1) is 21.9. The van der Waals surface area contributed by atoms with E-state index in [0.29, 0.717) is 12.4 Å². The molecular formula is C19H19N5O6S. The molecule has 0 fully saturated rings. The van der Waals surface area contributed by atoms with Crippen molar-refractivity contribution in [3.8, 4) is 5.75 Å². The number of amides is 1. The van der Waals surface area contributed by atoms with E-state index in [0.717, 1.165) is 29.3 Å². The van der Waals surface area contributed by atoms with E-state index in [2.05, 4.69) is 10.4 Å². The summed E-state index contributed by atoms with van der Waals surface area (Å²) in [6.07, 6.45) is 1.53. The number of sulfonamides is 1. The Morgan fingerprint density at radius 2 is 2.03 bits per heavy atom. The normalized spacial score (nSPS) is 11.2. The lowest BCUT2D eigenvalue weighted by Crippen LogP contribution is -2.22. The number of nitrogens with two attached hydrogens (primary N) is 1. The third-order valence-electron chi connectivity index (χ3n) is 4.21. The predicted molar refractivity (Wildman–Crippen MR) is 111 cm³/mol. The number of anilines is 1. The van der Waals surface area contributed by atoms with Gasteiger partial charge in [0.1, 0.15) is 5.82 Å². The lowest BCUT2D eigenvalue weighted by Gasteiger charge is -2.11. The van der Waals surface area contributed by atoms with Crippen LogP contribution in [0.5, 0.6) is 5.75 Å². The quantitative estimate of drug-likeness (QED) is 0.395. The van der Waals surface area contributed by atoms with Gasteiger partial charge in [0, 0.05) is 12.1 Å². The molecule has 0 bridgehead atoms. The number of nitrogens with zero attached hydrogens (tertiary/aromatic N) is 3. The van der Waals surface area contributed by atoms with Gasteiger partial charge in [-0.3, -0.25) is 14.9 Å². The summed E-state index contributed by atoms with van der Waals surface area (Å²) in [5.74, 6) is -0.411. The number of carbonyl (C=O) groups is 1. The van der Waals surface area contributed by atoms with Gasteiger partial charge in [-0.25, -0.2) is 18.2 Å². The third-order valence-corrected chi connectivity index (χ3v) is 5.12. The van der Waals surface area contributed by atoms with E-state index in [1.165, 1.54) is 6.20 Å². The van der Waals surface area contributed by atoms with Gasteiger partial charge in [0.25, 0.3) is 5.91 Å². The highest BCUT2D eigenvalue weighted by atomic mass is 32.2. The van der Waals surface area contributed by atoms with Crippen molar-refractivity contribution in [2.24, 2.45) is 5.14 Å². The zero-order valence-electron chi connectivity index (χ0n) is 16.4. The number of nitro groups is 1. The Labute approximate surface area is 177 Å². The minimum Gasteiger partial charge on any atom is -0.477 e. The molecule has 0 atom stereocenters. The summed E-state index contributed by atoms with van der Waals surface area (Å²) in [6, 6.07) is 12.4. The van der Waals surface area contributed by atoms with Gasteiger partial charge in [0.05, 0.1) is 22.6 Å². The minimum absolute atomic E-state index is 0.263. The molecule has 3 rings (SSSR count). The van der Waals surface area contributed by atoms with Crippen molar-refractivity contribution >= 4 is 27.4 Å². The Kier molecular flexibility index (Phi) is 6.32. The molecule has 3 aromatic rings. The monoisotopic (exact) mass is 445 g/mol. The van der Waals surface area contributed by atoms with Crippen molar-refractivity contribution < 1.29 is 22.9 Å². The van der Waals surface area contributed by atoms with Gasteiger partial charge in [0.2, 0.25) is 10.0 Å². The fraction of sp³-hybridized carbons (Fsp3) is 0.158. The van der Waals surface area contributed by atoms with Crippen molar-refractivity contribution in [1.29, 1.82) is 0 Å². The molecule has 0 spiro atoms. The number of nitrogens with one attached hydrogen (secondary N) is 1. The first-order chi connectivity index (χ1) is 14.6. The Bertz CT molecular complexity index is 1240. The molecule has 3 N–H and O–H groups in total. The van der Waals surface area contributed by atoms with Crippen LogP contribution in [0, 0.1) is 17.0 Å². The van der Waals surface area contributed by atoms with E-state index in [4.69, 9.17) is 9.88 Å². The number of hydrogen-bond donors (Lipinski definition) is 2. The molecule has 31 heavy (non-hydrogen) atoms.